The van der Waals surface area contributed by atoms with Crippen molar-refractivity contribution in [2.24, 2.45) is 11.8 Å². The van der Waals surface area contributed by atoms with E-state index in [1.165, 1.54) is 37.1 Å². The highest BCUT2D eigenvalue weighted by molar-refractivity contribution is 6.32. The van der Waals surface area contributed by atoms with E-state index in [1.54, 1.807) is 4.57 Å². The van der Waals surface area contributed by atoms with Crippen LogP contribution in [-0.4, -0.2) is 41.1 Å². The molecule has 3 fully saturated rings. The second kappa shape index (κ2) is 5.32. The van der Waals surface area contributed by atoms with E-state index >= 15 is 0 Å². The largest absolute Gasteiger partial charge is 0.303 e. The van der Waals surface area contributed by atoms with E-state index in [-0.39, 0.29) is 11.9 Å². The van der Waals surface area contributed by atoms with Crippen molar-refractivity contribution in [1.82, 2.24) is 14.8 Å². The minimum atomic E-state index is -0.140. The Balaban J connectivity index is 1.61. The predicted octanol–water partition coefficient (Wildman–Crippen LogP) is 3.06. The van der Waals surface area contributed by atoms with Crippen LogP contribution < -0.4 is 5.32 Å². The molecule has 3 saturated heterocycles. The number of halogens is 1. The topological polar surface area (TPSA) is 37.3 Å². The van der Waals surface area contributed by atoms with Crippen LogP contribution in [0.4, 0.5) is 0 Å². The molecule has 0 radical (unpaired) electrons. The van der Waals surface area contributed by atoms with Crippen LogP contribution in [0.3, 0.4) is 0 Å². The number of carbonyl (C=O) groups is 1. The van der Waals surface area contributed by atoms with Crippen LogP contribution in [0.15, 0.2) is 18.2 Å². The zero-order chi connectivity index (χ0) is 16.4. The molecule has 5 heteroatoms. The van der Waals surface area contributed by atoms with Crippen LogP contribution in [0.25, 0.3) is 10.9 Å². The molecule has 0 aliphatic carbocycles. The summed E-state index contributed by atoms with van der Waals surface area (Å²) >= 11 is 6.50. The first kappa shape index (κ1) is 14.9. The summed E-state index contributed by atoms with van der Waals surface area (Å²) in [4.78, 5) is 15.9. The molecular formula is C19H22ClN3O. The fourth-order valence-corrected chi connectivity index (χ4v) is 5.30. The van der Waals surface area contributed by atoms with Crippen LogP contribution >= 0.6 is 11.6 Å². The molecule has 4 aliphatic heterocycles. The van der Waals surface area contributed by atoms with Crippen molar-refractivity contribution in [3.05, 3.63) is 34.5 Å². The normalized spacial score (nSPS) is 32.3. The predicted molar refractivity (Wildman–Crippen MR) is 95.6 cm³/mol. The lowest BCUT2D eigenvalue weighted by Gasteiger charge is -2.47. The van der Waals surface area contributed by atoms with Gasteiger partial charge in [0.05, 0.1) is 11.6 Å². The SMILES string of the molecule is Cc1ccc2c3c1cc(Cl)n3C(=O)[C@H](C1CN3CCC1CC3)NC2. The van der Waals surface area contributed by atoms with Gasteiger partial charge in [-0.25, -0.2) is 0 Å². The van der Waals surface area contributed by atoms with Crippen molar-refractivity contribution >= 4 is 28.4 Å². The third-order valence-corrected chi connectivity index (χ3v) is 6.63. The van der Waals surface area contributed by atoms with Crippen LogP contribution in [0.5, 0.6) is 0 Å². The highest BCUT2D eigenvalue weighted by atomic mass is 35.5. The molecule has 1 N–H and O–H groups in total. The van der Waals surface area contributed by atoms with Gasteiger partial charge in [-0.1, -0.05) is 23.7 Å². The third-order valence-electron chi connectivity index (χ3n) is 6.35. The molecule has 4 aliphatic rings. The van der Waals surface area contributed by atoms with E-state index in [9.17, 15) is 4.79 Å². The monoisotopic (exact) mass is 343 g/mol. The summed E-state index contributed by atoms with van der Waals surface area (Å²) < 4.78 is 1.77. The Morgan fingerprint density at radius 2 is 2.04 bits per heavy atom. The molecule has 6 rings (SSSR count). The molecule has 0 spiro atoms. The first-order valence-corrected chi connectivity index (χ1v) is 9.30. The van der Waals surface area contributed by atoms with E-state index in [0.717, 1.165) is 24.0 Å². The maximum Gasteiger partial charge on any atom is 0.249 e. The fraction of sp³-hybridized carbons (Fsp3) is 0.526. The van der Waals surface area contributed by atoms with Gasteiger partial charge in [-0.3, -0.25) is 9.36 Å². The summed E-state index contributed by atoms with van der Waals surface area (Å²) in [6.07, 6.45) is 2.44. The second-order valence-electron chi connectivity index (χ2n) is 7.61. The molecule has 24 heavy (non-hydrogen) atoms. The average molecular weight is 344 g/mol. The number of hydrogen-bond donors (Lipinski definition) is 1. The number of piperidine rings is 3. The van der Waals surface area contributed by atoms with Gasteiger partial charge in [0.15, 0.2) is 0 Å². The molecular weight excluding hydrogens is 322 g/mol. The lowest BCUT2D eigenvalue weighted by molar-refractivity contribution is 0.0266. The highest BCUT2D eigenvalue weighted by Gasteiger charge is 2.43. The lowest BCUT2D eigenvalue weighted by atomic mass is 9.75. The standard InChI is InChI=1S/C19H22ClN3O/c1-11-2-3-13-9-21-17(15-10-22-6-4-12(15)5-7-22)19(24)23-16(20)8-14(11)18(13)23/h2-3,8,12,15,17,21H,4-7,9-10H2,1H3/t15?,17-/m0/s1. The molecule has 1 unspecified atom stereocenters. The van der Waals surface area contributed by atoms with Crippen molar-refractivity contribution < 1.29 is 4.79 Å². The molecule has 0 amide bonds. The van der Waals surface area contributed by atoms with Crippen molar-refractivity contribution in [2.45, 2.75) is 32.4 Å². The first-order valence-electron chi connectivity index (χ1n) is 8.93. The average Bonchev–Trinajstić information content (AvgIpc) is 2.88. The Labute approximate surface area is 146 Å². The molecule has 5 heterocycles. The molecule has 2 bridgehead atoms. The molecule has 1 aromatic heterocycles. The van der Waals surface area contributed by atoms with Gasteiger partial charge >= 0.3 is 0 Å². The minimum Gasteiger partial charge on any atom is -0.303 e. The first-order chi connectivity index (χ1) is 11.6. The number of aryl methyl sites for hydroxylation is 1. The summed E-state index contributed by atoms with van der Waals surface area (Å²) in [6, 6.07) is 6.06. The summed E-state index contributed by atoms with van der Waals surface area (Å²) in [5.41, 5.74) is 3.34. The zero-order valence-corrected chi connectivity index (χ0v) is 14.6. The van der Waals surface area contributed by atoms with Gasteiger partial charge in [0.2, 0.25) is 5.91 Å². The quantitative estimate of drug-likeness (QED) is 0.864. The fourth-order valence-electron chi connectivity index (χ4n) is 5.02. The third kappa shape index (κ3) is 2.03. The van der Waals surface area contributed by atoms with E-state index in [2.05, 4.69) is 29.3 Å². The molecule has 2 atom stereocenters. The number of aromatic nitrogens is 1. The van der Waals surface area contributed by atoms with Crippen LogP contribution in [0, 0.1) is 18.8 Å². The summed E-state index contributed by atoms with van der Waals surface area (Å²) in [5.74, 6) is 1.17. The Bertz CT molecular complexity index is 835. The number of carbonyl (C=O) groups excluding carboxylic acids is 1. The van der Waals surface area contributed by atoms with E-state index in [4.69, 9.17) is 11.6 Å². The molecule has 4 nitrogen and oxygen atoms in total. The van der Waals surface area contributed by atoms with Gasteiger partial charge in [0.25, 0.3) is 0 Å². The number of hydrogen-bond acceptors (Lipinski definition) is 3. The van der Waals surface area contributed by atoms with Gasteiger partial charge in [0.1, 0.15) is 5.15 Å². The Kier molecular flexibility index (Phi) is 3.31. The van der Waals surface area contributed by atoms with Crippen LogP contribution in [0.1, 0.15) is 28.8 Å². The van der Waals surface area contributed by atoms with Crippen molar-refractivity contribution in [2.75, 3.05) is 19.6 Å². The van der Waals surface area contributed by atoms with Crippen LogP contribution in [0.2, 0.25) is 5.15 Å². The molecule has 126 valence electrons. The highest BCUT2D eigenvalue weighted by Crippen LogP contribution is 2.37. The number of nitrogens with zero attached hydrogens (tertiary/aromatic N) is 2. The molecule has 1 aromatic carbocycles. The summed E-state index contributed by atoms with van der Waals surface area (Å²) in [7, 11) is 0. The smallest absolute Gasteiger partial charge is 0.249 e. The molecule has 2 aromatic rings. The van der Waals surface area contributed by atoms with Gasteiger partial charge in [-0.2, -0.15) is 0 Å². The number of nitrogens with one attached hydrogen (secondary N) is 1. The van der Waals surface area contributed by atoms with E-state index < -0.39 is 0 Å². The van der Waals surface area contributed by atoms with Gasteiger partial charge in [-0.15, -0.1) is 0 Å². The van der Waals surface area contributed by atoms with Gasteiger partial charge in [-0.05, 0) is 61.9 Å². The maximum atomic E-state index is 13.4. The summed E-state index contributed by atoms with van der Waals surface area (Å²) in [5, 5.41) is 5.21. The van der Waals surface area contributed by atoms with Crippen molar-refractivity contribution in [3.8, 4) is 0 Å². The summed E-state index contributed by atoms with van der Waals surface area (Å²) in [6.45, 7) is 6.22. The second-order valence-corrected chi connectivity index (χ2v) is 7.99. The Morgan fingerprint density at radius 3 is 2.75 bits per heavy atom. The zero-order valence-electron chi connectivity index (χ0n) is 13.9. The van der Waals surface area contributed by atoms with Crippen molar-refractivity contribution in [3.63, 3.8) is 0 Å². The lowest BCUT2D eigenvalue weighted by Crippen LogP contribution is -2.57. The van der Waals surface area contributed by atoms with Crippen LogP contribution in [-0.2, 0) is 6.54 Å². The van der Waals surface area contributed by atoms with E-state index in [0.29, 0.717) is 17.0 Å². The number of rotatable bonds is 1. The van der Waals surface area contributed by atoms with Crippen molar-refractivity contribution in [1.29, 1.82) is 0 Å². The molecule has 0 saturated carbocycles. The van der Waals surface area contributed by atoms with Gasteiger partial charge in [0, 0.05) is 18.5 Å². The Morgan fingerprint density at radius 1 is 1.25 bits per heavy atom. The van der Waals surface area contributed by atoms with E-state index in [1.807, 2.05) is 6.07 Å². The number of fused-ring (bicyclic) bond motifs is 3. The number of benzene rings is 1. The minimum absolute atomic E-state index is 0.123. The van der Waals surface area contributed by atoms with Gasteiger partial charge < -0.3 is 10.2 Å². The Hall–Kier alpha value is -1.36. The maximum absolute atomic E-state index is 13.4.